The van der Waals surface area contributed by atoms with Crippen molar-refractivity contribution >= 4 is 21.0 Å². The molecule has 1 saturated heterocycles. The summed E-state index contributed by atoms with van der Waals surface area (Å²) in [5.41, 5.74) is -1.34. The van der Waals surface area contributed by atoms with Gasteiger partial charge in [-0.25, -0.2) is 0 Å². The van der Waals surface area contributed by atoms with Crippen molar-refractivity contribution in [1.29, 1.82) is 0 Å². The molecule has 0 aromatic rings. The van der Waals surface area contributed by atoms with Crippen molar-refractivity contribution in [3.05, 3.63) is 0 Å². The fourth-order valence-electron chi connectivity index (χ4n) is 1.65. The summed E-state index contributed by atoms with van der Waals surface area (Å²) in [5, 5.41) is 19.6. The van der Waals surface area contributed by atoms with Crippen molar-refractivity contribution < 1.29 is 14.9 Å². The Morgan fingerprint density at radius 3 is 2.40 bits per heavy atom. The van der Waals surface area contributed by atoms with Gasteiger partial charge in [0.1, 0.15) is 19.6 Å². The summed E-state index contributed by atoms with van der Waals surface area (Å²) in [4.78, 5) is 0. The zero-order valence-corrected chi connectivity index (χ0v) is 10.6. The van der Waals surface area contributed by atoms with Gasteiger partial charge in [0.05, 0.1) is 6.10 Å². The Morgan fingerprint density at radius 2 is 2.07 bits per heavy atom. The molecule has 2 N–H and O–H groups in total. The fraction of sp³-hybridized carbons (Fsp3) is 0.900. The average molecular weight is 230 g/mol. The van der Waals surface area contributed by atoms with Crippen LogP contribution in [0.3, 0.4) is 0 Å². The van der Waals surface area contributed by atoms with Crippen LogP contribution in [-0.4, -0.2) is 67.7 Å². The van der Waals surface area contributed by atoms with Crippen molar-refractivity contribution in [2.45, 2.75) is 37.2 Å². The van der Waals surface area contributed by atoms with E-state index in [1.54, 1.807) is 0 Å². The van der Waals surface area contributed by atoms with Gasteiger partial charge in [-0.15, -0.1) is 13.2 Å². The van der Waals surface area contributed by atoms with Crippen LogP contribution in [0.15, 0.2) is 0 Å². The second-order valence-corrected chi connectivity index (χ2v) is 9.53. The van der Waals surface area contributed by atoms with Crippen molar-refractivity contribution in [1.82, 2.24) is 0 Å². The van der Waals surface area contributed by atoms with E-state index in [1.807, 2.05) is 0 Å². The highest BCUT2D eigenvalue weighted by Gasteiger charge is 2.48. The van der Waals surface area contributed by atoms with E-state index in [9.17, 15) is 10.2 Å². The largest absolute Gasteiger partial charge is 0.387 e. The second kappa shape index (κ2) is 4.25. The minimum absolute atomic E-state index is 0.365. The minimum atomic E-state index is -1.34. The van der Waals surface area contributed by atoms with Gasteiger partial charge in [0.15, 0.2) is 0 Å². The van der Waals surface area contributed by atoms with Crippen molar-refractivity contribution in [2.75, 3.05) is 19.5 Å². The Hall–Kier alpha value is 0.245. The maximum atomic E-state index is 9.82. The molecule has 0 unspecified atom stereocenters. The van der Waals surface area contributed by atoms with E-state index in [4.69, 9.17) is 12.6 Å². The summed E-state index contributed by atoms with van der Waals surface area (Å²) >= 11 is 0. The molecule has 15 heavy (non-hydrogen) atoms. The molecule has 1 heterocycles. The molecule has 1 rings (SSSR count). The molecule has 1 fully saturated rings. The van der Waals surface area contributed by atoms with Gasteiger partial charge in [-0.3, -0.25) is 0 Å². The Bertz CT molecular complexity index is 274. The minimum Gasteiger partial charge on any atom is -0.387 e. The van der Waals surface area contributed by atoms with E-state index in [0.717, 1.165) is 6.16 Å². The molecule has 0 saturated carbocycles. The summed E-state index contributed by atoms with van der Waals surface area (Å²) in [6, 6.07) is -0.802. The number of ether oxygens (including phenoxy) is 1. The van der Waals surface area contributed by atoms with Crippen LogP contribution in [0, 0.1) is 0 Å². The molecule has 1 aliphatic rings. The number of rotatable bonds is 3. The zero-order valence-electron chi connectivity index (χ0n) is 9.68. The molecular weight excluding hydrogens is 210 g/mol. The van der Waals surface area contributed by atoms with Crippen LogP contribution in [0.2, 0.25) is 0 Å². The summed E-state index contributed by atoms with van der Waals surface area (Å²) in [5.74, 6) is 0. The summed E-state index contributed by atoms with van der Waals surface area (Å²) < 4.78 is 5.35. The van der Waals surface area contributed by atoms with E-state index in [-0.39, 0.29) is 6.10 Å². The molecule has 5 heteroatoms. The van der Waals surface area contributed by atoms with Crippen LogP contribution in [0.1, 0.15) is 13.3 Å². The molecule has 0 aromatic carbocycles. The van der Waals surface area contributed by atoms with Crippen LogP contribution >= 0.6 is 6.89 Å². The lowest BCUT2D eigenvalue weighted by molar-refractivity contribution is -0.0425. The fourth-order valence-corrected chi connectivity index (χ4v) is 2.60. The predicted molar refractivity (Wildman–Crippen MR) is 66.4 cm³/mol. The van der Waals surface area contributed by atoms with E-state index < -0.39 is 24.6 Å². The molecule has 86 valence electrons. The standard InChI is InChI=1S/C10H20BO3P/c1-10(13)8(12)7(14-9(10)11)5-6-15(2,3)4/h7-9,12-13H,2,5-6H2,1,3-4H3/t7-,8-,9-,10-/m1/s1. The topological polar surface area (TPSA) is 49.7 Å². The van der Waals surface area contributed by atoms with E-state index in [2.05, 4.69) is 19.6 Å². The van der Waals surface area contributed by atoms with Gasteiger partial charge < -0.3 is 14.9 Å². The van der Waals surface area contributed by atoms with Gasteiger partial charge in [-0.2, -0.15) is 0 Å². The van der Waals surface area contributed by atoms with Crippen LogP contribution < -0.4 is 0 Å². The van der Waals surface area contributed by atoms with Crippen LogP contribution in [0.4, 0.5) is 0 Å². The van der Waals surface area contributed by atoms with Crippen LogP contribution in [0.25, 0.3) is 0 Å². The SMILES string of the molecule is [B][C@@H]1O[C@H](CCP(=C)(C)C)[C@@H](O)[C@@]1(C)O. The van der Waals surface area contributed by atoms with Gasteiger partial charge in [-0.1, -0.05) is 0 Å². The number of aliphatic hydroxyl groups is 2. The Kier molecular flexibility index (Phi) is 3.77. The summed E-state index contributed by atoms with van der Waals surface area (Å²) in [6.45, 7) is 4.65. The van der Waals surface area contributed by atoms with Crippen LogP contribution in [-0.2, 0) is 4.74 Å². The van der Waals surface area contributed by atoms with Gasteiger partial charge in [0.25, 0.3) is 0 Å². The normalized spacial score (nSPS) is 42.1. The first-order chi connectivity index (χ1) is 6.64. The Balaban J connectivity index is 2.57. The monoisotopic (exact) mass is 230 g/mol. The smallest absolute Gasteiger partial charge is 0.113 e. The lowest BCUT2D eigenvalue weighted by atomic mass is 9.82. The van der Waals surface area contributed by atoms with Crippen molar-refractivity contribution in [3.8, 4) is 0 Å². The molecule has 0 aliphatic carbocycles. The van der Waals surface area contributed by atoms with Gasteiger partial charge in [-0.05, 0) is 32.8 Å². The first kappa shape index (κ1) is 13.3. The summed E-state index contributed by atoms with van der Waals surface area (Å²) in [6.07, 6.45) is 4.46. The number of hydrogen-bond acceptors (Lipinski definition) is 3. The average Bonchev–Trinajstić information content (AvgIpc) is 2.25. The van der Waals surface area contributed by atoms with E-state index in [0.29, 0.717) is 6.42 Å². The summed E-state index contributed by atoms with van der Waals surface area (Å²) in [7, 11) is 5.59. The first-order valence-electron chi connectivity index (χ1n) is 5.13. The second-order valence-electron chi connectivity index (χ2n) is 5.21. The van der Waals surface area contributed by atoms with E-state index in [1.165, 1.54) is 6.92 Å². The molecule has 0 aromatic heterocycles. The van der Waals surface area contributed by atoms with E-state index >= 15 is 0 Å². The number of aliphatic hydroxyl groups excluding tert-OH is 1. The molecular formula is C10H20BO3P. The van der Waals surface area contributed by atoms with Crippen LogP contribution in [0.5, 0.6) is 0 Å². The third kappa shape index (κ3) is 3.10. The highest BCUT2D eigenvalue weighted by atomic mass is 31.2. The molecule has 0 bridgehead atoms. The van der Waals surface area contributed by atoms with Gasteiger partial charge in [0.2, 0.25) is 0 Å². The quantitative estimate of drug-likeness (QED) is 0.533. The Labute approximate surface area is 93.2 Å². The van der Waals surface area contributed by atoms with Crippen molar-refractivity contribution in [3.63, 3.8) is 0 Å². The highest BCUT2D eigenvalue weighted by molar-refractivity contribution is 7.72. The zero-order chi connectivity index (χ0) is 11.9. The third-order valence-corrected chi connectivity index (χ3v) is 4.34. The molecule has 4 atom stereocenters. The Morgan fingerprint density at radius 1 is 1.53 bits per heavy atom. The predicted octanol–water partition coefficient (Wildman–Crippen LogP) is 0.0910. The maximum absolute atomic E-state index is 9.82. The molecule has 0 spiro atoms. The molecule has 3 nitrogen and oxygen atoms in total. The highest BCUT2D eigenvalue weighted by Crippen LogP contribution is 2.39. The van der Waals surface area contributed by atoms with Gasteiger partial charge in [0, 0.05) is 6.00 Å². The first-order valence-corrected chi connectivity index (χ1v) is 8.19. The molecule has 1 aliphatic heterocycles. The molecule has 2 radical (unpaired) electrons. The van der Waals surface area contributed by atoms with Gasteiger partial charge >= 0.3 is 0 Å². The maximum Gasteiger partial charge on any atom is 0.113 e. The van der Waals surface area contributed by atoms with Crippen molar-refractivity contribution in [2.24, 2.45) is 0 Å². The number of hydrogen-bond donors (Lipinski definition) is 2. The third-order valence-electron chi connectivity index (χ3n) is 2.87. The molecule has 0 amide bonds. The lowest BCUT2D eigenvalue weighted by Gasteiger charge is -2.25. The lowest BCUT2D eigenvalue weighted by Crippen LogP contribution is -2.45.